The van der Waals surface area contributed by atoms with Gasteiger partial charge in [0.2, 0.25) is 11.5 Å². The van der Waals surface area contributed by atoms with Crippen molar-refractivity contribution >= 4 is 50.0 Å². The number of anilines is 2. The molecule has 3 N–H and O–H groups in total. The number of alkyl halides is 3. The third-order valence-corrected chi connectivity index (χ3v) is 11.5. The summed E-state index contributed by atoms with van der Waals surface area (Å²) in [7, 11) is -5.73. The SMILES string of the molecule is CC(C)(C)c1cc(C(C)(C)C)c2oc(-c3cc(Cl)cc4c3O[C@@]3(C(=O)Nc5cccc(NS(=O)(=O)C(F)(F)F)c5)[C@@H](Cc5ccccc5[C@@H]3O)C4)nc2c1. The number of hydrogen-bond donors (Lipinski definition) is 3. The standard InChI is InChI=1S/C40H39ClF3N3O6S/c1-37(2,3)23-17-30(38(4,5)6)33-31(18-23)46-35(52-33)29-19-25(41)16-22-15-24-14-21-10-7-8-13-28(21)34(48)39(24,53-32(22)29)36(49)45-26-11-9-12-27(20-26)47-54(50,51)40(42,43)44/h7-13,16-20,24,34,47-48H,14-15H2,1-6H3,(H,45,49)/t24-,34-,39-/m0/s1. The van der Waals surface area contributed by atoms with E-state index in [0.29, 0.717) is 39.2 Å². The van der Waals surface area contributed by atoms with E-state index in [1.807, 2.05) is 18.2 Å². The van der Waals surface area contributed by atoms with E-state index in [1.54, 1.807) is 24.3 Å². The van der Waals surface area contributed by atoms with Gasteiger partial charge in [-0.25, -0.2) is 4.98 Å². The van der Waals surface area contributed by atoms with Crippen LogP contribution < -0.4 is 14.8 Å². The molecule has 1 aliphatic heterocycles. The number of aromatic nitrogens is 1. The number of benzene rings is 4. The quantitative estimate of drug-likeness (QED) is 0.162. The van der Waals surface area contributed by atoms with Crippen molar-refractivity contribution in [3.05, 3.63) is 106 Å². The molecule has 0 unspecified atom stereocenters. The van der Waals surface area contributed by atoms with Gasteiger partial charge in [-0.3, -0.25) is 9.52 Å². The minimum absolute atomic E-state index is 0.0319. The molecule has 0 spiro atoms. The van der Waals surface area contributed by atoms with Crippen molar-refractivity contribution in [2.75, 3.05) is 10.0 Å². The van der Waals surface area contributed by atoms with Crippen LogP contribution in [0.25, 0.3) is 22.6 Å². The second-order valence-electron chi connectivity index (χ2n) is 16.0. The Morgan fingerprint density at radius 3 is 2.28 bits per heavy atom. The van der Waals surface area contributed by atoms with E-state index in [2.05, 4.69) is 52.9 Å². The summed E-state index contributed by atoms with van der Waals surface area (Å²) in [6.45, 7) is 12.6. The Balaban J connectivity index is 1.35. The third kappa shape index (κ3) is 6.49. The molecule has 0 radical (unpaired) electrons. The molecule has 2 aliphatic rings. The van der Waals surface area contributed by atoms with Crippen LogP contribution in [0.1, 0.15) is 75.5 Å². The predicted octanol–water partition coefficient (Wildman–Crippen LogP) is 9.22. The lowest BCUT2D eigenvalue weighted by Crippen LogP contribution is -2.62. The fraction of sp³-hybridized carbons (Fsp3) is 0.350. The van der Waals surface area contributed by atoms with Crippen LogP contribution in [-0.2, 0) is 38.5 Å². The molecule has 0 saturated carbocycles. The molecule has 14 heteroatoms. The van der Waals surface area contributed by atoms with E-state index in [1.165, 1.54) is 16.9 Å². The number of aliphatic hydroxyl groups excluding tert-OH is 1. The van der Waals surface area contributed by atoms with Crippen LogP contribution in [0.15, 0.2) is 77.2 Å². The van der Waals surface area contributed by atoms with Crippen molar-refractivity contribution in [3.8, 4) is 17.2 Å². The number of fused-ring (bicyclic) bond motifs is 4. The van der Waals surface area contributed by atoms with Crippen LogP contribution in [0.5, 0.6) is 5.75 Å². The Morgan fingerprint density at radius 1 is 0.907 bits per heavy atom. The van der Waals surface area contributed by atoms with Gasteiger partial charge in [-0.05, 0) is 82.3 Å². The summed E-state index contributed by atoms with van der Waals surface area (Å²) in [5.74, 6) is -1.00. The highest BCUT2D eigenvalue weighted by Crippen LogP contribution is 2.53. The van der Waals surface area contributed by atoms with Crippen molar-refractivity contribution in [2.45, 2.75) is 82.4 Å². The largest absolute Gasteiger partial charge is 0.516 e. The maximum atomic E-state index is 14.7. The first-order valence-corrected chi connectivity index (χ1v) is 19.2. The molecule has 1 aliphatic carbocycles. The monoisotopic (exact) mass is 781 g/mol. The second-order valence-corrected chi connectivity index (χ2v) is 18.1. The van der Waals surface area contributed by atoms with Crippen LogP contribution in [0.2, 0.25) is 5.02 Å². The molecule has 54 heavy (non-hydrogen) atoms. The Kier molecular flexibility index (Phi) is 8.90. The number of nitrogens with one attached hydrogen (secondary N) is 2. The number of aliphatic hydroxyl groups is 1. The molecule has 0 saturated heterocycles. The summed E-state index contributed by atoms with van der Waals surface area (Å²) in [5.41, 5.74) is -2.91. The normalized spacial score (nSPS) is 20.1. The van der Waals surface area contributed by atoms with E-state index in [4.69, 9.17) is 25.7 Å². The number of oxazole rings is 1. The fourth-order valence-electron chi connectivity index (χ4n) is 7.33. The number of hydrogen-bond acceptors (Lipinski definition) is 7. The van der Waals surface area contributed by atoms with E-state index in [-0.39, 0.29) is 34.6 Å². The van der Waals surface area contributed by atoms with Crippen molar-refractivity contribution in [1.29, 1.82) is 0 Å². The molecule has 284 valence electrons. The zero-order chi connectivity index (χ0) is 39.2. The smallest absolute Gasteiger partial charge is 0.473 e. The van der Waals surface area contributed by atoms with Gasteiger partial charge in [-0.2, -0.15) is 21.6 Å². The molecule has 1 aromatic heterocycles. The molecule has 5 aromatic rings. The lowest BCUT2D eigenvalue weighted by atomic mass is 9.66. The number of carbonyl (C=O) groups is 1. The number of rotatable bonds is 5. The Hall–Kier alpha value is -4.59. The summed E-state index contributed by atoms with van der Waals surface area (Å²) in [6, 6.07) is 19.5. The summed E-state index contributed by atoms with van der Waals surface area (Å²) in [4.78, 5) is 19.6. The highest BCUT2D eigenvalue weighted by Gasteiger charge is 2.60. The second kappa shape index (κ2) is 12.7. The number of halogens is 4. The molecular formula is C40H39ClF3N3O6S. The van der Waals surface area contributed by atoms with Gasteiger partial charge in [0.25, 0.3) is 5.91 Å². The molecule has 2 heterocycles. The van der Waals surface area contributed by atoms with Crippen molar-refractivity contribution in [3.63, 3.8) is 0 Å². The molecular weight excluding hydrogens is 743 g/mol. The zero-order valence-electron chi connectivity index (χ0n) is 30.4. The number of sulfonamides is 1. The van der Waals surface area contributed by atoms with Gasteiger partial charge in [0.1, 0.15) is 17.4 Å². The third-order valence-electron chi connectivity index (χ3n) is 10.1. The summed E-state index contributed by atoms with van der Waals surface area (Å²) in [5, 5.41) is 15.2. The lowest BCUT2D eigenvalue weighted by molar-refractivity contribution is -0.157. The predicted molar refractivity (Wildman–Crippen MR) is 201 cm³/mol. The fourth-order valence-corrected chi connectivity index (χ4v) is 8.13. The van der Waals surface area contributed by atoms with Crippen LogP contribution in [-0.4, -0.2) is 35.5 Å². The van der Waals surface area contributed by atoms with Crippen molar-refractivity contribution < 1.29 is 40.6 Å². The maximum Gasteiger partial charge on any atom is 0.516 e. The molecule has 7 rings (SSSR count). The summed E-state index contributed by atoms with van der Waals surface area (Å²) < 4.78 is 77.9. The Morgan fingerprint density at radius 2 is 1.59 bits per heavy atom. The molecule has 3 atom stereocenters. The first-order chi connectivity index (χ1) is 25.1. The van der Waals surface area contributed by atoms with Gasteiger partial charge in [0, 0.05) is 22.2 Å². The summed E-state index contributed by atoms with van der Waals surface area (Å²) in [6.07, 6.45) is -0.920. The Labute approximate surface area is 315 Å². The molecule has 9 nitrogen and oxygen atoms in total. The van der Waals surface area contributed by atoms with Gasteiger partial charge < -0.3 is 19.6 Å². The van der Waals surface area contributed by atoms with Gasteiger partial charge in [-0.15, -0.1) is 0 Å². The first-order valence-electron chi connectivity index (χ1n) is 17.3. The maximum absolute atomic E-state index is 14.7. The number of carbonyl (C=O) groups excluding carboxylic acids is 1. The Bertz CT molecular complexity index is 2430. The first kappa shape index (κ1) is 37.7. The van der Waals surface area contributed by atoms with E-state index in [0.717, 1.165) is 28.8 Å². The van der Waals surface area contributed by atoms with Gasteiger partial charge in [0.05, 0.1) is 11.3 Å². The lowest BCUT2D eigenvalue weighted by Gasteiger charge is -2.49. The average molecular weight is 782 g/mol. The van der Waals surface area contributed by atoms with E-state index in [9.17, 15) is 31.5 Å². The van der Waals surface area contributed by atoms with Crippen LogP contribution >= 0.6 is 11.6 Å². The highest BCUT2D eigenvalue weighted by molar-refractivity contribution is 7.93. The van der Waals surface area contributed by atoms with Gasteiger partial charge >= 0.3 is 15.5 Å². The van der Waals surface area contributed by atoms with E-state index >= 15 is 0 Å². The van der Waals surface area contributed by atoms with Crippen LogP contribution in [0, 0.1) is 5.92 Å². The van der Waals surface area contributed by atoms with Crippen molar-refractivity contribution in [1.82, 2.24) is 4.98 Å². The topological polar surface area (TPSA) is 131 Å². The van der Waals surface area contributed by atoms with Crippen molar-refractivity contribution in [2.24, 2.45) is 5.92 Å². The van der Waals surface area contributed by atoms with Crippen LogP contribution in [0.4, 0.5) is 24.5 Å². The molecule has 4 aromatic carbocycles. The highest BCUT2D eigenvalue weighted by atomic mass is 35.5. The molecule has 1 amide bonds. The molecule has 0 bridgehead atoms. The molecule has 0 fully saturated rings. The number of ether oxygens (including phenoxy) is 1. The minimum atomic E-state index is -5.73. The number of nitrogens with zero attached hydrogens (tertiary/aromatic N) is 1. The summed E-state index contributed by atoms with van der Waals surface area (Å²) >= 11 is 6.72. The van der Waals surface area contributed by atoms with E-state index < -0.39 is 44.7 Å². The van der Waals surface area contributed by atoms with Crippen LogP contribution in [0.3, 0.4) is 0 Å². The zero-order valence-corrected chi connectivity index (χ0v) is 31.9. The van der Waals surface area contributed by atoms with Gasteiger partial charge in [-0.1, -0.05) is 89.5 Å². The van der Waals surface area contributed by atoms with Gasteiger partial charge in [0.15, 0.2) is 5.58 Å². The number of amides is 1. The minimum Gasteiger partial charge on any atom is -0.473 e. The average Bonchev–Trinajstić information content (AvgIpc) is 3.50.